The van der Waals surface area contributed by atoms with Crippen LogP contribution >= 0.6 is 11.3 Å². The summed E-state index contributed by atoms with van der Waals surface area (Å²) in [7, 11) is -0.320. The van der Waals surface area contributed by atoms with Crippen LogP contribution in [0.2, 0.25) is 0 Å². The molecule has 0 aromatic carbocycles. The molecule has 1 aliphatic rings. The SMILES string of the molecule is Cc1cn2c(/C=C/B3OC(C)(C)C(C)(C)O3)c(C)nc2s1. The van der Waals surface area contributed by atoms with Crippen LogP contribution in [-0.4, -0.2) is 27.7 Å². The number of rotatable bonds is 2. The maximum atomic E-state index is 5.98. The number of fused-ring (bicyclic) bond motifs is 1. The van der Waals surface area contributed by atoms with Crippen LogP contribution in [0.15, 0.2) is 12.2 Å². The number of aryl methyl sites for hydroxylation is 2. The van der Waals surface area contributed by atoms with Gasteiger partial charge in [-0.1, -0.05) is 5.98 Å². The smallest absolute Gasteiger partial charge is 0.400 e. The van der Waals surface area contributed by atoms with Crippen LogP contribution < -0.4 is 0 Å². The Kier molecular flexibility index (Phi) is 3.31. The minimum Gasteiger partial charge on any atom is -0.400 e. The highest BCUT2D eigenvalue weighted by Gasteiger charge is 2.50. The number of thiazole rings is 1. The molecule has 0 unspecified atom stereocenters. The lowest BCUT2D eigenvalue weighted by molar-refractivity contribution is 0.00578. The molecule has 0 atom stereocenters. The fourth-order valence-corrected chi connectivity index (χ4v) is 3.30. The molecule has 0 aliphatic carbocycles. The second-order valence-corrected chi connectivity index (χ2v) is 7.77. The monoisotopic (exact) mass is 304 g/mol. The van der Waals surface area contributed by atoms with Gasteiger partial charge in [-0.05, 0) is 47.6 Å². The molecule has 1 aliphatic heterocycles. The summed E-state index contributed by atoms with van der Waals surface area (Å²) in [6.07, 6.45) is 4.16. The van der Waals surface area contributed by atoms with Gasteiger partial charge in [0.2, 0.25) is 0 Å². The van der Waals surface area contributed by atoms with Crippen molar-refractivity contribution in [3.8, 4) is 0 Å². The van der Waals surface area contributed by atoms with Gasteiger partial charge >= 0.3 is 7.12 Å². The highest BCUT2D eigenvalue weighted by Crippen LogP contribution is 2.37. The first-order valence-electron chi connectivity index (χ1n) is 7.18. The number of hydrogen-bond acceptors (Lipinski definition) is 4. The standard InChI is InChI=1S/C15H21BN2O2S/c1-10-9-18-12(11(2)17-13(18)21-10)7-8-16-19-14(3,4)15(5,6)20-16/h7-9H,1-6H3/b8-7+. The van der Waals surface area contributed by atoms with Gasteiger partial charge in [-0.3, -0.25) is 4.40 Å². The zero-order valence-electron chi connectivity index (χ0n) is 13.4. The minimum atomic E-state index is -0.320. The zero-order chi connectivity index (χ0) is 15.4. The summed E-state index contributed by atoms with van der Waals surface area (Å²) in [5.41, 5.74) is 1.50. The zero-order valence-corrected chi connectivity index (χ0v) is 14.2. The van der Waals surface area contributed by atoms with E-state index in [2.05, 4.69) is 50.2 Å². The molecule has 112 valence electrons. The molecule has 0 N–H and O–H groups in total. The quantitative estimate of drug-likeness (QED) is 0.794. The van der Waals surface area contributed by atoms with Gasteiger partial charge in [0.25, 0.3) is 0 Å². The molecule has 2 aromatic rings. The van der Waals surface area contributed by atoms with Crippen LogP contribution in [0.1, 0.15) is 44.0 Å². The van der Waals surface area contributed by atoms with E-state index in [9.17, 15) is 0 Å². The molecule has 0 amide bonds. The lowest BCUT2D eigenvalue weighted by atomic mass is 9.89. The van der Waals surface area contributed by atoms with E-state index in [1.165, 1.54) is 4.88 Å². The van der Waals surface area contributed by atoms with E-state index in [-0.39, 0.29) is 18.3 Å². The lowest BCUT2D eigenvalue weighted by Crippen LogP contribution is -2.41. The Labute approximate surface area is 129 Å². The number of imidazole rings is 1. The first-order valence-corrected chi connectivity index (χ1v) is 8.00. The second kappa shape index (κ2) is 4.70. The van der Waals surface area contributed by atoms with Gasteiger partial charge in [0.1, 0.15) is 0 Å². The van der Waals surface area contributed by atoms with Gasteiger partial charge in [-0.25, -0.2) is 4.98 Å². The van der Waals surface area contributed by atoms with E-state index < -0.39 is 0 Å². The normalized spacial score (nSPS) is 21.0. The Morgan fingerprint density at radius 2 is 1.81 bits per heavy atom. The predicted molar refractivity (Wildman–Crippen MR) is 87.7 cm³/mol. The van der Waals surface area contributed by atoms with E-state index in [1.807, 2.05) is 19.0 Å². The molecular weight excluding hydrogens is 283 g/mol. The molecule has 0 radical (unpaired) electrons. The molecule has 2 aromatic heterocycles. The number of nitrogens with zero attached hydrogens (tertiary/aromatic N) is 2. The van der Waals surface area contributed by atoms with Crippen LogP contribution in [0.3, 0.4) is 0 Å². The summed E-state index contributed by atoms with van der Waals surface area (Å²) in [4.78, 5) is 6.86. The average Bonchev–Trinajstić information content (AvgIpc) is 2.86. The van der Waals surface area contributed by atoms with Crippen LogP contribution in [0.25, 0.3) is 11.0 Å². The first-order chi connectivity index (χ1) is 9.69. The third-order valence-corrected chi connectivity index (χ3v) is 5.24. The molecule has 0 bridgehead atoms. The molecule has 4 nitrogen and oxygen atoms in total. The number of aromatic nitrogens is 2. The highest BCUT2D eigenvalue weighted by atomic mass is 32.1. The Morgan fingerprint density at radius 1 is 1.19 bits per heavy atom. The van der Waals surface area contributed by atoms with Crippen molar-refractivity contribution in [1.29, 1.82) is 0 Å². The largest absolute Gasteiger partial charge is 0.487 e. The molecule has 21 heavy (non-hydrogen) atoms. The number of hydrogen-bond donors (Lipinski definition) is 0. The summed E-state index contributed by atoms with van der Waals surface area (Å²) in [5.74, 6) is 1.97. The highest BCUT2D eigenvalue weighted by molar-refractivity contribution is 7.17. The molecule has 1 saturated heterocycles. The van der Waals surface area contributed by atoms with Gasteiger partial charge in [0.15, 0.2) is 4.96 Å². The summed E-state index contributed by atoms with van der Waals surface area (Å²) >= 11 is 1.70. The predicted octanol–water partition coefficient (Wildman–Crippen LogP) is 3.66. The fraction of sp³-hybridized carbons (Fsp3) is 0.533. The molecule has 0 spiro atoms. The first kappa shape index (κ1) is 14.8. The van der Waals surface area contributed by atoms with Crippen LogP contribution in [0, 0.1) is 13.8 Å². The molecular formula is C15H21BN2O2S. The van der Waals surface area contributed by atoms with Gasteiger partial charge in [-0.2, -0.15) is 0 Å². The maximum absolute atomic E-state index is 5.98. The van der Waals surface area contributed by atoms with Crippen molar-refractivity contribution in [2.24, 2.45) is 0 Å². The summed E-state index contributed by atoms with van der Waals surface area (Å²) < 4.78 is 14.1. The molecule has 3 heterocycles. The van der Waals surface area contributed by atoms with Crippen LogP contribution in [-0.2, 0) is 9.31 Å². The Bertz CT molecular complexity index is 699. The topological polar surface area (TPSA) is 35.8 Å². The average molecular weight is 304 g/mol. The van der Waals surface area contributed by atoms with Gasteiger partial charge in [-0.15, -0.1) is 11.3 Å². The van der Waals surface area contributed by atoms with E-state index in [0.717, 1.165) is 16.3 Å². The minimum absolute atomic E-state index is 0.303. The van der Waals surface area contributed by atoms with Gasteiger partial charge < -0.3 is 9.31 Å². The Hall–Kier alpha value is -1.11. The second-order valence-electron chi connectivity index (χ2n) is 6.56. The van der Waals surface area contributed by atoms with Gasteiger partial charge in [0.05, 0.1) is 22.6 Å². The van der Waals surface area contributed by atoms with E-state index >= 15 is 0 Å². The fourth-order valence-electron chi connectivity index (χ4n) is 2.42. The molecule has 0 saturated carbocycles. The van der Waals surface area contributed by atoms with Crippen molar-refractivity contribution < 1.29 is 9.31 Å². The molecule has 3 rings (SSSR count). The summed E-state index contributed by atoms with van der Waals surface area (Å²) in [5, 5.41) is 0. The third-order valence-electron chi connectivity index (χ3n) is 4.35. The third kappa shape index (κ3) is 2.45. The van der Waals surface area contributed by atoms with Crippen molar-refractivity contribution in [1.82, 2.24) is 9.38 Å². The maximum Gasteiger partial charge on any atom is 0.487 e. The van der Waals surface area contributed by atoms with Crippen LogP contribution in [0.4, 0.5) is 0 Å². The Morgan fingerprint density at radius 3 is 2.43 bits per heavy atom. The van der Waals surface area contributed by atoms with Crippen molar-refractivity contribution in [2.45, 2.75) is 52.7 Å². The van der Waals surface area contributed by atoms with Crippen molar-refractivity contribution in [3.05, 3.63) is 28.4 Å². The van der Waals surface area contributed by atoms with E-state index in [0.29, 0.717) is 0 Å². The van der Waals surface area contributed by atoms with Crippen molar-refractivity contribution in [2.75, 3.05) is 0 Å². The van der Waals surface area contributed by atoms with E-state index in [4.69, 9.17) is 9.31 Å². The lowest BCUT2D eigenvalue weighted by Gasteiger charge is -2.32. The Balaban J connectivity index is 1.87. The molecule has 6 heteroatoms. The van der Waals surface area contributed by atoms with Crippen LogP contribution in [0.5, 0.6) is 0 Å². The van der Waals surface area contributed by atoms with E-state index in [1.54, 1.807) is 11.3 Å². The summed E-state index contributed by atoms with van der Waals surface area (Å²) in [6.45, 7) is 12.4. The molecule has 1 fully saturated rings. The summed E-state index contributed by atoms with van der Waals surface area (Å²) in [6, 6.07) is 0. The van der Waals surface area contributed by atoms with Gasteiger partial charge in [0, 0.05) is 11.1 Å². The van der Waals surface area contributed by atoms with Crippen molar-refractivity contribution >= 4 is 29.5 Å². The van der Waals surface area contributed by atoms with Crippen molar-refractivity contribution in [3.63, 3.8) is 0 Å².